The van der Waals surface area contributed by atoms with Crippen LogP contribution in [0.25, 0.3) is 0 Å². The summed E-state index contributed by atoms with van der Waals surface area (Å²) in [7, 11) is 0. The van der Waals surface area contributed by atoms with Crippen molar-refractivity contribution in [2.75, 3.05) is 6.54 Å². The standard InChI is InChI=1S/C20H24N4.HI/c1-4-22-20(23-14-18-10-7-9-17(12-18)13-21)24-16(3)19-11-6-5-8-15(19)2;/h5-12,16H,4,14H2,1-3H3,(H2,22,23,24);1H. The van der Waals surface area contributed by atoms with Gasteiger partial charge in [0.25, 0.3) is 0 Å². The van der Waals surface area contributed by atoms with Crippen molar-refractivity contribution >= 4 is 29.9 Å². The van der Waals surface area contributed by atoms with E-state index < -0.39 is 0 Å². The van der Waals surface area contributed by atoms with Crippen molar-refractivity contribution in [2.45, 2.75) is 33.4 Å². The van der Waals surface area contributed by atoms with Gasteiger partial charge in [-0.25, -0.2) is 4.99 Å². The molecule has 2 N–H and O–H groups in total. The minimum Gasteiger partial charge on any atom is -0.357 e. The number of nitriles is 1. The molecule has 0 aromatic heterocycles. The Hall–Kier alpha value is -2.07. The van der Waals surface area contributed by atoms with E-state index in [1.165, 1.54) is 11.1 Å². The summed E-state index contributed by atoms with van der Waals surface area (Å²) in [6.07, 6.45) is 0. The van der Waals surface area contributed by atoms with E-state index in [9.17, 15) is 0 Å². The van der Waals surface area contributed by atoms with E-state index in [0.717, 1.165) is 18.1 Å². The number of aryl methyl sites for hydroxylation is 1. The van der Waals surface area contributed by atoms with Gasteiger partial charge in [-0.2, -0.15) is 5.26 Å². The van der Waals surface area contributed by atoms with Crippen LogP contribution >= 0.6 is 24.0 Å². The van der Waals surface area contributed by atoms with Crippen LogP contribution in [0.3, 0.4) is 0 Å². The van der Waals surface area contributed by atoms with Gasteiger partial charge in [0.05, 0.1) is 24.2 Å². The molecule has 2 rings (SSSR count). The number of guanidine groups is 1. The van der Waals surface area contributed by atoms with Crippen LogP contribution in [-0.4, -0.2) is 12.5 Å². The van der Waals surface area contributed by atoms with Gasteiger partial charge in [-0.3, -0.25) is 0 Å². The molecule has 25 heavy (non-hydrogen) atoms. The lowest BCUT2D eigenvalue weighted by Crippen LogP contribution is -2.38. The number of hydrogen-bond donors (Lipinski definition) is 2. The Morgan fingerprint density at radius 2 is 1.96 bits per heavy atom. The third-order valence-corrected chi connectivity index (χ3v) is 3.83. The Bertz CT molecular complexity index is 749. The Morgan fingerprint density at radius 3 is 2.64 bits per heavy atom. The van der Waals surface area contributed by atoms with Gasteiger partial charge in [-0.15, -0.1) is 24.0 Å². The SMILES string of the molecule is CCNC(=NCc1cccc(C#N)c1)NC(C)c1ccccc1C.I. The van der Waals surface area contributed by atoms with Gasteiger partial charge >= 0.3 is 0 Å². The largest absolute Gasteiger partial charge is 0.357 e. The summed E-state index contributed by atoms with van der Waals surface area (Å²) in [5.41, 5.74) is 4.20. The predicted octanol–water partition coefficient (Wildman–Crippen LogP) is 4.30. The topological polar surface area (TPSA) is 60.2 Å². The Labute approximate surface area is 167 Å². The molecular weight excluding hydrogens is 423 g/mol. The van der Waals surface area contributed by atoms with E-state index in [0.29, 0.717) is 12.1 Å². The molecule has 132 valence electrons. The van der Waals surface area contributed by atoms with Gasteiger partial charge in [-0.05, 0) is 49.6 Å². The first-order valence-corrected chi connectivity index (χ1v) is 8.23. The van der Waals surface area contributed by atoms with Crippen molar-refractivity contribution in [3.8, 4) is 6.07 Å². The smallest absolute Gasteiger partial charge is 0.192 e. The van der Waals surface area contributed by atoms with Crippen molar-refractivity contribution < 1.29 is 0 Å². The highest BCUT2D eigenvalue weighted by molar-refractivity contribution is 14.0. The first kappa shape index (κ1) is 21.0. The zero-order valence-electron chi connectivity index (χ0n) is 14.9. The average Bonchev–Trinajstić information content (AvgIpc) is 2.60. The second kappa shape index (κ2) is 10.7. The van der Waals surface area contributed by atoms with Crippen molar-refractivity contribution in [3.05, 3.63) is 70.8 Å². The molecule has 0 radical (unpaired) electrons. The van der Waals surface area contributed by atoms with Gasteiger partial charge in [0.1, 0.15) is 0 Å². The highest BCUT2D eigenvalue weighted by Crippen LogP contribution is 2.16. The number of aliphatic imine (C=N–C) groups is 1. The molecule has 4 nitrogen and oxygen atoms in total. The molecule has 0 aliphatic carbocycles. The predicted molar refractivity (Wildman–Crippen MR) is 114 cm³/mol. The number of rotatable bonds is 5. The van der Waals surface area contributed by atoms with Crippen LogP contribution in [0.4, 0.5) is 0 Å². The summed E-state index contributed by atoms with van der Waals surface area (Å²) >= 11 is 0. The summed E-state index contributed by atoms with van der Waals surface area (Å²) in [5.74, 6) is 0.774. The molecule has 0 amide bonds. The summed E-state index contributed by atoms with van der Waals surface area (Å²) in [6.45, 7) is 7.62. The molecule has 0 aliphatic heterocycles. The second-order valence-electron chi connectivity index (χ2n) is 5.73. The van der Waals surface area contributed by atoms with Crippen LogP contribution in [0, 0.1) is 18.3 Å². The van der Waals surface area contributed by atoms with Crippen LogP contribution < -0.4 is 10.6 Å². The lowest BCUT2D eigenvalue weighted by atomic mass is 10.0. The van der Waals surface area contributed by atoms with Crippen LogP contribution in [0.5, 0.6) is 0 Å². The van der Waals surface area contributed by atoms with Crippen LogP contribution in [-0.2, 0) is 6.54 Å². The fourth-order valence-corrected chi connectivity index (χ4v) is 2.59. The minimum absolute atomic E-state index is 0. The summed E-state index contributed by atoms with van der Waals surface area (Å²) < 4.78 is 0. The lowest BCUT2D eigenvalue weighted by Gasteiger charge is -2.19. The average molecular weight is 448 g/mol. The van der Waals surface area contributed by atoms with E-state index >= 15 is 0 Å². The molecule has 0 fully saturated rings. The quantitative estimate of drug-likeness (QED) is 0.408. The van der Waals surface area contributed by atoms with E-state index in [2.05, 4.69) is 53.7 Å². The van der Waals surface area contributed by atoms with Gasteiger partial charge in [0, 0.05) is 6.54 Å². The zero-order valence-corrected chi connectivity index (χ0v) is 17.2. The minimum atomic E-state index is 0. The van der Waals surface area contributed by atoms with Crippen LogP contribution in [0.15, 0.2) is 53.5 Å². The summed E-state index contributed by atoms with van der Waals surface area (Å²) in [4.78, 5) is 4.64. The zero-order chi connectivity index (χ0) is 17.4. The third kappa shape index (κ3) is 6.39. The molecule has 0 saturated carbocycles. The lowest BCUT2D eigenvalue weighted by molar-refractivity contribution is 0.682. The van der Waals surface area contributed by atoms with E-state index in [1.807, 2.05) is 31.2 Å². The molecule has 0 spiro atoms. The van der Waals surface area contributed by atoms with E-state index in [-0.39, 0.29) is 30.0 Å². The van der Waals surface area contributed by atoms with E-state index in [4.69, 9.17) is 5.26 Å². The maximum atomic E-state index is 8.98. The van der Waals surface area contributed by atoms with Gasteiger partial charge in [0.15, 0.2) is 5.96 Å². The second-order valence-corrected chi connectivity index (χ2v) is 5.73. The van der Waals surface area contributed by atoms with E-state index in [1.54, 1.807) is 6.07 Å². The normalized spacial score (nSPS) is 11.8. The Balaban J connectivity index is 0.00000312. The fourth-order valence-electron chi connectivity index (χ4n) is 2.59. The molecule has 1 atom stereocenters. The molecule has 0 bridgehead atoms. The highest BCUT2D eigenvalue weighted by Gasteiger charge is 2.09. The maximum absolute atomic E-state index is 8.98. The molecular formula is C20H25IN4. The van der Waals surface area contributed by atoms with Gasteiger partial charge < -0.3 is 10.6 Å². The molecule has 0 saturated heterocycles. The summed E-state index contributed by atoms with van der Waals surface area (Å²) in [5, 5.41) is 15.7. The number of nitrogens with zero attached hydrogens (tertiary/aromatic N) is 2. The molecule has 0 aliphatic rings. The summed E-state index contributed by atoms with van der Waals surface area (Å²) in [6, 6.07) is 18.2. The molecule has 0 heterocycles. The maximum Gasteiger partial charge on any atom is 0.192 e. The first-order valence-electron chi connectivity index (χ1n) is 8.23. The Kier molecular flexibility index (Phi) is 9.00. The van der Waals surface area contributed by atoms with Gasteiger partial charge in [0.2, 0.25) is 0 Å². The third-order valence-electron chi connectivity index (χ3n) is 3.83. The van der Waals surface area contributed by atoms with Crippen molar-refractivity contribution in [1.29, 1.82) is 5.26 Å². The number of halogens is 1. The first-order chi connectivity index (χ1) is 11.6. The molecule has 2 aromatic carbocycles. The monoisotopic (exact) mass is 448 g/mol. The van der Waals surface area contributed by atoms with Crippen molar-refractivity contribution in [3.63, 3.8) is 0 Å². The number of benzene rings is 2. The van der Waals surface area contributed by atoms with Crippen LogP contribution in [0.1, 0.15) is 42.1 Å². The van der Waals surface area contributed by atoms with Gasteiger partial charge in [-0.1, -0.05) is 36.4 Å². The molecule has 1 unspecified atom stereocenters. The number of hydrogen-bond acceptors (Lipinski definition) is 2. The van der Waals surface area contributed by atoms with Crippen molar-refractivity contribution in [1.82, 2.24) is 10.6 Å². The fraction of sp³-hybridized carbons (Fsp3) is 0.300. The van der Waals surface area contributed by atoms with Crippen molar-refractivity contribution in [2.24, 2.45) is 4.99 Å². The van der Waals surface area contributed by atoms with Crippen LogP contribution in [0.2, 0.25) is 0 Å². The number of nitrogens with one attached hydrogen (secondary N) is 2. The molecule has 2 aromatic rings. The molecule has 5 heteroatoms. The highest BCUT2D eigenvalue weighted by atomic mass is 127. The Morgan fingerprint density at radius 1 is 1.20 bits per heavy atom.